The van der Waals surface area contributed by atoms with E-state index in [0.29, 0.717) is 5.92 Å². The fourth-order valence-corrected chi connectivity index (χ4v) is 2.27. The van der Waals surface area contributed by atoms with Crippen molar-refractivity contribution < 1.29 is 0 Å². The summed E-state index contributed by atoms with van der Waals surface area (Å²) >= 11 is 0. The Balaban J connectivity index is 2.22. The molecule has 0 aromatic carbocycles. The Labute approximate surface area is 115 Å². The van der Waals surface area contributed by atoms with E-state index < -0.39 is 0 Å². The number of hydrogen-bond acceptors (Lipinski definition) is 3. The molecule has 0 spiro atoms. The molecule has 0 aliphatic carbocycles. The third-order valence-corrected chi connectivity index (χ3v) is 3.33. The standard InChI is InChI=1S/C16H21N3/c1-3-9-19-16(14-7-11-17-12-8-14)13(2)15-6-4-5-10-18-15/h4-8,10-13,16,19H,3,9H2,1-2H3. The van der Waals surface area contributed by atoms with Gasteiger partial charge in [-0.05, 0) is 42.8 Å². The van der Waals surface area contributed by atoms with Gasteiger partial charge in [0.25, 0.3) is 0 Å². The highest BCUT2D eigenvalue weighted by Crippen LogP contribution is 2.28. The highest BCUT2D eigenvalue weighted by Gasteiger charge is 2.20. The second-order valence-corrected chi connectivity index (χ2v) is 4.76. The molecule has 0 radical (unpaired) electrons. The van der Waals surface area contributed by atoms with Gasteiger partial charge < -0.3 is 5.32 Å². The molecule has 2 aromatic rings. The average molecular weight is 255 g/mol. The van der Waals surface area contributed by atoms with E-state index in [1.165, 1.54) is 5.56 Å². The normalized spacial score (nSPS) is 14.0. The summed E-state index contributed by atoms with van der Waals surface area (Å²) in [5, 5.41) is 3.62. The molecular formula is C16H21N3. The summed E-state index contributed by atoms with van der Waals surface area (Å²) in [6, 6.07) is 10.5. The van der Waals surface area contributed by atoms with Gasteiger partial charge in [0.1, 0.15) is 0 Å². The van der Waals surface area contributed by atoms with Crippen LogP contribution in [0.2, 0.25) is 0 Å². The van der Waals surface area contributed by atoms with Gasteiger partial charge in [-0.3, -0.25) is 9.97 Å². The molecule has 2 rings (SSSR count). The highest BCUT2D eigenvalue weighted by molar-refractivity contribution is 5.22. The molecular weight excluding hydrogens is 234 g/mol. The molecule has 0 saturated heterocycles. The predicted molar refractivity (Wildman–Crippen MR) is 77.9 cm³/mol. The molecule has 2 unspecified atom stereocenters. The molecule has 0 fully saturated rings. The Bertz CT molecular complexity index is 470. The molecule has 2 aromatic heterocycles. The van der Waals surface area contributed by atoms with E-state index in [1.54, 1.807) is 0 Å². The number of aromatic nitrogens is 2. The van der Waals surface area contributed by atoms with Crippen LogP contribution in [-0.4, -0.2) is 16.5 Å². The molecule has 0 bridgehead atoms. The van der Waals surface area contributed by atoms with E-state index in [-0.39, 0.29) is 6.04 Å². The van der Waals surface area contributed by atoms with Crippen LogP contribution < -0.4 is 5.32 Å². The average Bonchev–Trinajstić information content (AvgIpc) is 2.49. The van der Waals surface area contributed by atoms with Crippen molar-refractivity contribution in [3.05, 3.63) is 60.2 Å². The summed E-state index contributed by atoms with van der Waals surface area (Å²) < 4.78 is 0. The lowest BCUT2D eigenvalue weighted by molar-refractivity contribution is 0.459. The summed E-state index contributed by atoms with van der Waals surface area (Å²) in [6.07, 6.45) is 6.67. The van der Waals surface area contributed by atoms with Crippen LogP contribution in [0.4, 0.5) is 0 Å². The lowest BCUT2D eigenvalue weighted by atomic mass is 9.92. The Morgan fingerprint density at radius 1 is 1.11 bits per heavy atom. The Morgan fingerprint density at radius 2 is 1.89 bits per heavy atom. The van der Waals surface area contributed by atoms with Crippen LogP contribution in [0.15, 0.2) is 48.9 Å². The molecule has 100 valence electrons. The van der Waals surface area contributed by atoms with Gasteiger partial charge in [-0.25, -0.2) is 0 Å². The molecule has 0 amide bonds. The summed E-state index contributed by atoms with van der Waals surface area (Å²) in [5.74, 6) is 0.329. The highest BCUT2D eigenvalue weighted by atomic mass is 14.9. The zero-order chi connectivity index (χ0) is 13.5. The van der Waals surface area contributed by atoms with Crippen molar-refractivity contribution in [2.45, 2.75) is 32.2 Å². The first-order valence-electron chi connectivity index (χ1n) is 6.87. The topological polar surface area (TPSA) is 37.8 Å². The number of pyridine rings is 2. The SMILES string of the molecule is CCCNC(c1ccncc1)C(C)c1ccccn1. The first-order chi connectivity index (χ1) is 9.33. The zero-order valence-electron chi connectivity index (χ0n) is 11.6. The minimum atomic E-state index is 0.276. The van der Waals surface area contributed by atoms with E-state index >= 15 is 0 Å². The maximum atomic E-state index is 4.48. The first kappa shape index (κ1) is 13.7. The monoisotopic (exact) mass is 255 g/mol. The van der Waals surface area contributed by atoms with Crippen LogP contribution in [-0.2, 0) is 0 Å². The molecule has 0 saturated carbocycles. The minimum absolute atomic E-state index is 0.276. The number of nitrogens with zero attached hydrogens (tertiary/aromatic N) is 2. The van der Waals surface area contributed by atoms with Crippen molar-refractivity contribution in [2.24, 2.45) is 0 Å². The molecule has 0 aliphatic heterocycles. The summed E-state index contributed by atoms with van der Waals surface area (Å²) in [5.41, 5.74) is 2.38. The van der Waals surface area contributed by atoms with Gasteiger partial charge in [0, 0.05) is 36.2 Å². The predicted octanol–water partition coefficient (Wildman–Crippen LogP) is 3.32. The molecule has 3 nitrogen and oxygen atoms in total. The van der Waals surface area contributed by atoms with Crippen LogP contribution in [0.5, 0.6) is 0 Å². The van der Waals surface area contributed by atoms with Crippen LogP contribution in [0.25, 0.3) is 0 Å². The van der Waals surface area contributed by atoms with Gasteiger partial charge >= 0.3 is 0 Å². The van der Waals surface area contributed by atoms with E-state index in [1.807, 2.05) is 30.7 Å². The smallest absolute Gasteiger partial charge is 0.0450 e. The second kappa shape index (κ2) is 7.00. The lowest BCUT2D eigenvalue weighted by Gasteiger charge is -2.25. The number of rotatable bonds is 6. The summed E-state index contributed by atoms with van der Waals surface area (Å²) in [6.45, 7) is 5.41. The Hall–Kier alpha value is -1.74. The van der Waals surface area contributed by atoms with Crippen molar-refractivity contribution in [1.82, 2.24) is 15.3 Å². The summed E-state index contributed by atoms with van der Waals surface area (Å²) in [7, 11) is 0. The third kappa shape index (κ3) is 3.61. The Kier molecular flexibility index (Phi) is 5.04. The van der Waals surface area contributed by atoms with Gasteiger partial charge in [-0.1, -0.05) is 19.9 Å². The van der Waals surface area contributed by atoms with Crippen LogP contribution in [0.1, 0.15) is 43.5 Å². The van der Waals surface area contributed by atoms with E-state index in [0.717, 1.165) is 18.7 Å². The first-order valence-corrected chi connectivity index (χ1v) is 6.87. The molecule has 0 aliphatic rings. The van der Waals surface area contributed by atoms with Crippen molar-refractivity contribution in [1.29, 1.82) is 0 Å². The van der Waals surface area contributed by atoms with E-state index in [4.69, 9.17) is 0 Å². The van der Waals surface area contributed by atoms with Crippen LogP contribution >= 0.6 is 0 Å². The third-order valence-electron chi connectivity index (χ3n) is 3.33. The van der Waals surface area contributed by atoms with Gasteiger partial charge in [0.2, 0.25) is 0 Å². The van der Waals surface area contributed by atoms with Crippen LogP contribution in [0, 0.1) is 0 Å². The molecule has 3 heteroatoms. The minimum Gasteiger partial charge on any atom is -0.309 e. The Morgan fingerprint density at radius 3 is 2.53 bits per heavy atom. The summed E-state index contributed by atoms with van der Waals surface area (Å²) in [4.78, 5) is 8.57. The maximum Gasteiger partial charge on any atom is 0.0450 e. The van der Waals surface area contributed by atoms with Gasteiger partial charge in [0.15, 0.2) is 0 Å². The molecule has 19 heavy (non-hydrogen) atoms. The quantitative estimate of drug-likeness (QED) is 0.860. The van der Waals surface area contributed by atoms with Crippen molar-refractivity contribution in [2.75, 3.05) is 6.54 Å². The number of nitrogens with one attached hydrogen (secondary N) is 1. The number of hydrogen-bond donors (Lipinski definition) is 1. The van der Waals surface area contributed by atoms with E-state index in [2.05, 4.69) is 47.3 Å². The van der Waals surface area contributed by atoms with Crippen molar-refractivity contribution in [3.8, 4) is 0 Å². The molecule has 2 atom stereocenters. The second-order valence-electron chi connectivity index (χ2n) is 4.76. The molecule has 1 N–H and O–H groups in total. The van der Waals surface area contributed by atoms with Gasteiger partial charge in [-0.15, -0.1) is 0 Å². The fraction of sp³-hybridized carbons (Fsp3) is 0.375. The fourth-order valence-electron chi connectivity index (χ4n) is 2.27. The van der Waals surface area contributed by atoms with Crippen LogP contribution in [0.3, 0.4) is 0 Å². The van der Waals surface area contributed by atoms with E-state index in [9.17, 15) is 0 Å². The van der Waals surface area contributed by atoms with Crippen molar-refractivity contribution in [3.63, 3.8) is 0 Å². The maximum absolute atomic E-state index is 4.48. The largest absolute Gasteiger partial charge is 0.309 e. The van der Waals surface area contributed by atoms with Gasteiger partial charge in [-0.2, -0.15) is 0 Å². The lowest BCUT2D eigenvalue weighted by Crippen LogP contribution is -2.27. The van der Waals surface area contributed by atoms with Gasteiger partial charge in [0.05, 0.1) is 0 Å². The van der Waals surface area contributed by atoms with Crippen molar-refractivity contribution >= 4 is 0 Å². The molecule has 2 heterocycles. The zero-order valence-corrected chi connectivity index (χ0v) is 11.6.